The van der Waals surface area contributed by atoms with Crippen LogP contribution in [0.3, 0.4) is 0 Å². The van der Waals surface area contributed by atoms with Gasteiger partial charge in [-0.3, -0.25) is 4.90 Å². The van der Waals surface area contributed by atoms with Crippen molar-refractivity contribution in [1.29, 1.82) is 0 Å². The molecular formula is C11H15ClN4. The molecule has 2 heterocycles. The molecule has 0 unspecified atom stereocenters. The van der Waals surface area contributed by atoms with E-state index in [-0.39, 0.29) is 0 Å². The molecule has 2 aliphatic rings. The van der Waals surface area contributed by atoms with Crippen molar-refractivity contribution in [2.24, 2.45) is 0 Å². The first-order valence-electron chi connectivity index (χ1n) is 5.80. The van der Waals surface area contributed by atoms with Gasteiger partial charge >= 0.3 is 0 Å². The van der Waals surface area contributed by atoms with Crippen LogP contribution in [0.15, 0.2) is 12.3 Å². The summed E-state index contributed by atoms with van der Waals surface area (Å²) in [5.41, 5.74) is 1.09. The normalized spacial score (nSPS) is 22.4. The molecule has 1 aliphatic carbocycles. The van der Waals surface area contributed by atoms with Gasteiger partial charge in [-0.05, 0) is 12.8 Å². The first-order valence-corrected chi connectivity index (χ1v) is 6.18. The van der Waals surface area contributed by atoms with Crippen molar-refractivity contribution in [2.45, 2.75) is 18.9 Å². The second-order valence-corrected chi connectivity index (χ2v) is 4.88. The fourth-order valence-electron chi connectivity index (χ4n) is 2.29. The van der Waals surface area contributed by atoms with Crippen LogP contribution in [0.25, 0.3) is 0 Å². The molecule has 0 atom stereocenters. The van der Waals surface area contributed by atoms with Crippen LogP contribution in [0, 0.1) is 0 Å². The van der Waals surface area contributed by atoms with Gasteiger partial charge in [0.15, 0.2) is 5.15 Å². The Balaban J connectivity index is 1.64. The maximum absolute atomic E-state index is 5.84. The third kappa shape index (κ3) is 2.13. The van der Waals surface area contributed by atoms with E-state index in [2.05, 4.69) is 20.0 Å². The zero-order valence-corrected chi connectivity index (χ0v) is 9.90. The molecule has 0 bridgehead atoms. The summed E-state index contributed by atoms with van der Waals surface area (Å²) in [5, 5.41) is 8.13. The maximum atomic E-state index is 5.84. The molecule has 5 heteroatoms. The summed E-state index contributed by atoms with van der Waals surface area (Å²) in [6.45, 7) is 4.45. The van der Waals surface area contributed by atoms with Crippen LogP contribution in [-0.2, 0) is 0 Å². The smallest absolute Gasteiger partial charge is 0.153 e. The Morgan fingerprint density at radius 2 is 1.94 bits per heavy atom. The molecule has 0 amide bonds. The Kier molecular flexibility index (Phi) is 2.69. The molecule has 86 valence electrons. The Bertz CT molecular complexity index is 372. The molecule has 0 N–H and O–H groups in total. The minimum Gasteiger partial charge on any atom is -0.368 e. The van der Waals surface area contributed by atoms with Gasteiger partial charge in [-0.15, -0.1) is 5.10 Å². The molecule has 1 aromatic heterocycles. The van der Waals surface area contributed by atoms with Gasteiger partial charge in [-0.25, -0.2) is 0 Å². The van der Waals surface area contributed by atoms with Crippen LogP contribution in [0.2, 0.25) is 5.15 Å². The van der Waals surface area contributed by atoms with Gasteiger partial charge in [0.25, 0.3) is 0 Å². The van der Waals surface area contributed by atoms with Gasteiger partial charge in [-0.2, -0.15) is 5.10 Å². The standard InChI is InChI=1S/C11H15ClN4/c12-11-7-10(8-13-14-11)16-5-3-15(4-6-16)9-1-2-9/h7-9H,1-6H2. The number of hydrogen-bond acceptors (Lipinski definition) is 4. The van der Waals surface area contributed by atoms with Crippen molar-refractivity contribution >= 4 is 17.3 Å². The highest BCUT2D eigenvalue weighted by Gasteiger charge is 2.31. The monoisotopic (exact) mass is 238 g/mol. The van der Waals surface area contributed by atoms with Crippen molar-refractivity contribution in [2.75, 3.05) is 31.1 Å². The molecule has 0 spiro atoms. The number of anilines is 1. The van der Waals surface area contributed by atoms with Crippen molar-refractivity contribution in [1.82, 2.24) is 15.1 Å². The first-order chi connectivity index (χ1) is 7.83. The van der Waals surface area contributed by atoms with E-state index in [9.17, 15) is 0 Å². The van der Waals surface area contributed by atoms with E-state index in [1.165, 1.54) is 12.8 Å². The number of halogens is 1. The van der Waals surface area contributed by atoms with Crippen LogP contribution in [0.4, 0.5) is 5.69 Å². The summed E-state index contributed by atoms with van der Waals surface area (Å²) in [4.78, 5) is 4.92. The zero-order valence-electron chi connectivity index (χ0n) is 9.14. The third-order valence-electron chi connectivity index (χ3n) is 3.35. The predicted octanol–water partition coefficient (Wildman–Crippen LogP) is 1.41. The lowest BCUT2D eigenvalue weighted by Gasteiger charge is -2.35. The SMILES string of the molecule is Clc1cc(N2CCN(C3CC3)CC2)cnn1. The lowest BCUT2D eigenvalue weighted by Crippen LogP contribution is -2.47. The molecule has 1 aliphatic heterocycles. The summed E-state index contributed by atoms with van der Waals surface area (Å²) in [5.74, 6) is 0. The highest BCUT2D eigenvalue weighted by atomic mass is 35.5. The Hall–Kier alpha value is -0.870. The van der Waals surface area contributed by atoms with E-state index in [0.717, 1.165) is 37.9 Å². The minimum absolute atomic E-state index is 0.474. The predicted molar refractivity (Wildman–Crippen MR) is 63.9 cm³/mol. The van der Waals surface area contributed by atoms with Crippen molar-refractivity contribution < 1.29 is 0 Å². The lowest BCUT2D eigenvalue weighted by molar-refractivity contribution is 0.248. The summed E-state index contributed by atoms with van der Waals surface area (Å²) >= 11 is 5.84. The number of aromatic nitrogens is 2. The summed E-state index contributed by atoms with van der Waals surface area (Å²) < 4.78 is 0. The van der Waals surface area contributed by atoms with Gasteiger partial charge < -0.3 is 4.90 Å². The Morgan fingerprint density at radius 1 is 1.19 bits per heavy atom. The number of hydrogen-bond donors (Lipinski definition) is 0. The average molecular weight is 239 g/mol. The fourth-order valence-corrected chi connectivity index (χ4v) is 2.44. The zero-order chi connectivity index (χ0) is 11.0. The van der Waals surface area contributed by atoms with Crippen LogP contribution >= 0.6 is 11.6 Å². The van der Waals surface area contributed by atoms with Crippen LogP contribution in [0.5, 0.6) is 0 Å². The van der Waals surface area contributed by atoms with Gasteiger partial charge in [0.1, 0.15) is 0 Å². The molecule has 0 radical (unpaired) electrons. The molecule has 3 rings (SSSR count). The average Bonchev–Trinajstić information content (AvgIpc) is 3.13. The topological polar surface area (TPSA) is 32.3 Å². The van der Waals surface area contributed by atoms with E-state index in [0.29, 0.717) is 5.15 Å². The van der Waals surface area contributed by atoms with Crippen molar-refractivity contribution in [3.63, 3.8) is 0 Å². The second kappa shape index (κ2) is 4.18. The maximum Gasteiger partial charge on any atom is 0.153 e. The Morgan fingerprint density at radius 3 is 2.56 bits per heavy atom. The molecule has 1 saturated carbocycles. The van der Waals surface area contributed by atoms with E-state index in [4.69, 9.17) is 11.6 Å². The number of nitrogens with zero attached hydrogens (tertiary/aromatic N) is 4. The molecule has 1 aromatic rings. The van der Waals surface area contributed by atoms with Gasteiger partial charge in [-0.1, -0.05) is 11.6 Å². The van der Waals surface area contributed by atoms with Gasteiger partial charge in [0.2, 0.25) is 0 Å². The molecule has 2 fully saturated rings. The highest BCUT2D eigenvalue weighted by Crippen LogP contribution is 2.28. The van der Waals surface area contributed by atoms with E-state index < -0.39 is 0 Å². The van der Waals surface area contributed by atoms with Gasteiger partial charge in [0, 0.05) is 38.3 Å². The lowest BCUT2D eigenvalue weighted by atomic mass is 10.3. The first kappa shape index (κ1) is 10.3. The highest BCUT2D eigenvalue weighted by molar-refractivity contribution is 6.29. The van der Waals surface area contributed by atoms with Crippen molar-refractivity contribution in [3.8, 4) is 0 Å². The number of piperazine rings is 1. The largest absolute Gasteiger partial charge is 0.368 e. The summed E-state index contributed by atoms with van der Waals surface area (Å²) in [7, 11) is 0. The second-order valence-electron chi connectivity index (χ2n) is 4.49. The molecule has 0 aromatic carbocycles. The minimum atomic E-state index is 0.474. The van der Waals surface area contributed by atoms with Crippen LogP contribution in [-0.4, -0.2) is 47.3 Å². The molecular weight excluding hydrogens is 224 g/mol. The quantitative estimate of drug-likeness (QED) is 0.780. The number of rotatable bonds is 2. The third-order valence-corrected chi connectivity index (χ3v) is 3.54. The van der Waals surface area contributed by atoms with Crippen molar-refractivity contribution in [3.05, 3.63) is 17.4 Å². The van der Waals surface area contributed by atoms with E-state index in [1.807, 2.05) is 6.07 Å². The fraction of sp³-hybridized carbons (Fsp3) is 0.636. The van der Waals surface area contributed by atoms with Crippen LogP contribution in [0.1, 0.15) is 12.8 Å². The van der Waals surface area contributed by atoms with E-state index in [1.54, 1.807) is 6.20 Å². The van der Waals surface area contributed by atoms with Crippen LogP contribution < -0.4 is 4.90 Å². The van der Waals surface area contributed by atoms with E-state index >= 15 is 0 Å². The summed E-state index contributed by atoms with van der Waals surface area (Å²) in [6, 6.07) is 2.77. The van der Waals surface area contributed by atoms with Gasteiger partial charge in [0.05, 0.1) is 11.9 Å². The molecule has 4 nitrogen and oxygen atoms in total. The summed E-state index contributed by atoms with van der Waals surface area (Å²) in [6.07, 6.45) is 4.57. The molecule has 1 saturated heterocycles. The molecule has 16 heavy (non-hydrogen) atoms. The Labute approximate surface area is 100 Å².